The highest BCUT2D eigenvalue weighted by Crippen LogP contribution is 2.38. The summed E-state index contributed by atoms with van der Waals surface area (Å²) in [5, 5.41) is 3.02. The number of fused-ring (bicyclic) bond motifs is 2. The zero-order valence-corrected chi connectivity index (χ0v) is 19.3. The first-order valence-corrected chi connectivity index (χ1v) is 11.8. The van der Waals surface area contributed by atoms with Gasteiger partial charge in [0.2, 0.25) is 11.8 Å². The van der Waals surface area contributed by atoms with Gasteiger partial charge < -0.3 is 20.1 Å². The van der Waals surface area contributed by atoms with Gasteiger partial charge >= 0.3 is 0 Å². The number of nitrogens with one attached hydrogen (secondary N) is 2. The fourth-order valence-corrected chi connectivity index (χ4v) is 5.22. The summed E-state index contributed by atoms with van der Waals surface area (Å²) < 4.78 is 0. The van der Waals surface area contributed by atoms with Crippen molar-refractivity contribution in [3.63, 3.8) is 0 Å². The molecule has 2 aliphatic heterocycles. The van der Waals surface area contributed by atoms with Crippen molar-refractivity contribution < 1.29 is 14.4 Å². The van der Waals surface area contributed by atoms with Crippen molar-refractivity contribution in [1.82, 2.24) is 25.1 Å². The molecule has 3 amide bonds. The van der Waals surface area contributed by atoms with Gasteiger partial charge in [0.25, 0.3) is 5.91 Å². The number of H-pyrrole nitrogens is 1. The normalized spacial score (nSPS) is 17.1. The average Bonchev–Trinajstić information content (AvgIpc) is 3.40. The molecule has 3 aromatic rings. The summed E-state index contributed by atoms with van der Waals surface area (Å²) in [7, 11) is 0. The molecule has 5 rings (SSSR count). The van der Waals surface area contributed by atoms with E-state index in [1.807, 2.05) is 53.4 Å². The Morgan fingerprint density at radius 1 is 1.09 bits per heavy atom. The Kier molecular flexibility index (Phi) is 5.81. The van der Waals surface area contributed by atoms with Crippen LogP contribution in [0.25, 0.3) is 11.0 Å². The zero-order chi connectivity index (χ0) is 23.7. The number of piperidine rings is 1. The molecule has 0 spiro atoms. The lowest BCUT2D eigenvalue weighted by Crippen LogP contribution is -2.58. The fraction of sp³-hybridized carbons (Fsp3) is 0.385. The van der Waals surface area contributed by atoms with Crippen LogP contribution in [0.2, 0.25) is 0 Å². The molecule has 0 saturated carbocycles. The van der Waals surface area contributed by atoms with Crippen LogP contribution in [-0.4, -0.2) is 62.7 Å². The number of benzene rings is 2. The van der Waals surface area contributed by atoms with E-state index in [1.54, 1.807) is 11.8 Å². The van der Waals surface area contributed by atoms with Gasteiger partial charge in [0, 0.05) is 45.1 Å². The molecular formula is C26H29N5O3. The molecule has 0 radical (unpaired) electrons. The number of rotatable bonds is 6. The molecule has 0 atom stereocenters. The number of para-hydroxylation sites is 2. The van der Waals surface area contributed by atoms with E-state index >= 15 is 0 Å². The second-order valence-electron chi connectivity index (χ2n) is 9.26. The van der Waals surface area contributed by atoms with Crippen molar-refractivity contribution in [2.75, 3.05) is 19.6 Å². The summed E-state index contributed by atoms with van der Waals surface area (Å²) in [6.45, 7) is 3.61. The largest absolute Gasteiger partial charge is 0.356 e. The Bertz CT molecular complexity index is 1210. The highest BCUT2D eigenvalue weighted by atomic mass is 16.2. The summed E-state index contributed by atoms with van der Waals surface area (Å²) in [6, 6.07) is 15.5. The SMILES string of the molecule is CC(=O)N1CCC(CC(=O)NCCc2nc3ccccc3[nH]2)(N2Cc3ccccc3C2=O)CC1. The van der Waals surface area contributed by atoms with Gasteiger partial charge in [-0.1, -0.05) is 30.3 Å². The minimum Gasteiger partial charge on any atom is -0.356 e. The van der Waals surface area contributed by atoms with E-state index in [-0.39, 0.29) is 24.1 Å². The molecule has 2 N–H and O–H groups in total. The van der Waals surface area contributed by atoms with Crippen LogP contribution in [0.4, 0.5) is 0 Å². The van der Waals surface area contributed by atoms with Gasteiger partial charge in [0.1, 0.15) is 5.82 Å². The van der Waals surface area contributed by atoms with Crippen LogP contribution in [0, 0.1) is 0 Å². The summed E-state index contributed by atoms with van der Waals surface area (Å²) in [5.74, 6) is 0.745. The van der Waals surface area contributed by atoms with Gasteiger partial charge in [0.15, 0.2) is 0 Å². The topological polar surface area (TPSA) is 98.4 Å². The summed E-state index contributed by atoms with van der Waals surface area (Å²) in [4.78, 5) is 49.8. The average molecular weight is 460 g/mol. The quantitative estimate of drug-likeness (QED) is 0.592. The van der Waals surface area contributed by atoms with E-state index < -0.39 is 5.54 Å². The highest BCUT2D eigenvalue weighted by Gasteiger charge is 2.47. The summed E-state index contributed by atoms with van der Waals surface area (Å²) in [5.41, 5.74) is 2.98. The number of likely N-dealkylation sites (tertiary alicyclic amines) is 1. The van der Waals surface area contributed by atoms with Gasteiger partial charge in [-0.3, -0.25) is 14.4 Å². The number of hydrogen-bond acceptors (Lipinski definition) is 4. The summed E-state index contributed by atoms with van der Waals surface area (Å²) >= 11 is 0. The third-order valence-electron chi connectivity index (χ3n) is 7.15. The molecule has 0 unspecified atom stereocenters. The van der Waals surface area contributed by atoms with Gasteiger partial charge in [-0.2, -0.15) is 0 Å². The Hall–Kier alpha value is -3.68. The Morgan fingerprint density at radius 3 is 2.56 bits per heavy atom. The van der Waals surface area contributed by atoms with Crippen molar-refractivity contribution in [3.8, 4) is 0 Å². The molecule has 1 saturated heterocycles. The third kappa shape index (κ3) is 4.16. The van der Waals surface area contributed by atoms with E-state index in [0.29, 0.717) is 51.0 Å². The van der Waals surface area contributed by atoms with Gasteiger partial charge in [-0.25, -0.2) is 4.98 Å². The van der Waals surface area contributed by atoms with Crippen molar-refractivity contribution in [2.24, 2.45) is 0 Å². The molecule has 0 bridgehead atoms. The van der Waals surface area contributed by atoms with Crippen LogP contribution in [0.15, 0.2) is 48.5 Å². The number of amides is 3. The Morgan fingerprint density at radius 2 is 1.82 bits per heavy atom. The highest BCUT2D eigenvalue weighted by molar-refractivity contribution is 5.99. The lowest BCUT2D eigenvalue weighted by molar-refractivity contribution is -0.132. The minimum atomic E-state index is -0.606. The van der Waals surface area contributed by atoms with Crippen LogP contribution in [0.1, 0.15) is 47.9 Å². The first-order valence-electron chi connectivity index (χ1n) is 11.8. The van der Waals surface area contributed by atoms with Gasteiger partial charge in [-0.05, 0) is 36.6 Å². The monoisotopic (exact) mass is 459 g/mol. The van der Waals surface area contributed by atoms with Gasteiger partial charge in [0.05, 0.1) is 23.0 Å². The zero-order valence-electron chi connectivity index (χ0n) is 19.3. The van der Waals surface area contributed by atoms with Crippen LogP contribution in [-0.2, 0) is 22.6 Å². The molecule has 0 aliphatic carbocycles. The maximum atomic E-state index is 13.3. The number of carbonyl (C=O) groups is 3. The number of hydrogen-bond donors (Lipinski definition) is 2. The van der Waals surface area contributed by atoms with Crippen LogP contribution in [0.3, 0.4) is 0 Å². The number of aromatic nitrogens is 2. The summed E-state index contributed by atoms with van der Waals surface area (Å²) in [6.07, 6.45) is 1.99. The Balaban J connectivity index is 1.27. The third-order valence-corrected chi connectivity index (χ3v) is 7.15. The van der Waals surface area contributed by atoms with Crippen molar-refractivity contribution in [1.29, 1.82) is 0 Å². The lowest BCUT2D eigenvalue weighted by Gasteiger charge is -2.47. The smallest absolute Gasteiger partial charge is 0.254 e. The van der Waals surface area contributed by atoms with E-state index in [9.17, 15) is 14.4 Å². The first-order chi connectivity index (χ1) is 16.4. The fourth-order valence-electron chi connectivity index (χ4n) is 5.22. The second kappa shape index (κ2) is 8.93. The predicted molar refractivity (Wildman–Crippen MR) is 128 cm³/mol. The van der Waals surface area contributed by atoms with E-state index in [0.717, 1.165) is 22.4 Å². The maximum absolute atomic E-state index is 13.3. The van der Waals surface area contributed by atoms with E-state index in [4.69, 9.17) is 0 Å². The number of nitrogens with zero attached hydrogens (tertiary/aromatic N) is 3. The number of carbonyl (C=O) groups excluding carboxylic acids is 3. The minimum absolute atomic E-state index is 0.0260. The molecule has 1 aromatic heterocycles. The van der Waals surface area contributed by atoms with Crippen molar-refractivity contribution in [3.05, 3.63) is 65.5 Å². The first kappa shape index (κ1) is 22.1. The number of aromatic amines is 1. The van der Waals surface area contributed by atoms with Crippen molar-refractivity contribution in [2.45, 2.75) is 44.7 Å². The maximum Gasteiger partial charge on any atom is 0.254 e. The molecular weight excluding hydrogens is 430 g/mol. The van der Waals surface area contributed by atoms with E-state index in [2.05, 4.69) is 15.3 Å². The van der Waals surface area contributed by atoms with Crippen LogP contribution >= 0.6 is 0 Å². The number of imidazole rings is 1. The second-order valence-corrected chi connectivity index (χ2v) is 9.26. The standard InChI is InChI=1S/C26H29N5O3/c1-18(32)30-14-11-26(12-15-30,31-17-19-6-2-3-7-20(19)25(31)34)16-24(33)27-13-10-23-28-21-8-4-5-9-22(21)29-23/h2-9H,10-17H2,1H3,(H,27,33)(H,28,29). The molecule has 2 aliphatic rings. The van der Waals surface area contributed by atoms with E-state index in [1.165, 1.54) is 0 Å². The molecule has 3 heterocycles. The van der Waals surface area contributed by atoms with Gasteiger partial charge in [-0.15, -0.1) is 0 Å². The van der Waals surface area contributed by atoms with Crippen LogP contribution < -0.4 is 5.32 Å². The van der Waals surface area contributed by atoms with Crippen LogP contribution in [0.5, 0.6) is 0 Å². The molecule has 8 nitrogen and oxygen atoms in total. The predicted octanol–water partition coefficient (Wildman–Crippen LogP) is 2.65. The molecule has 34 heavy (non-hydrogen) atoms. The Labute approximate surface area is 198 Å². The molecule has 1 fully saturated rings. The lowest BCUT2D eigenvalue weighted by atomic mass is 9.82. The molecule has 8 heteroatoms. The molecule has 176 valence electrons. The van der Waals surface area contributed by atoms with Crippen molar-refractivity contribution >= 4 is 28.8 Å². The molecule has 2 aromatic carbocycles.